The number of likely N-dealkylation sites (N-methyl/N-ethyl adjacent to an activating group) is 1. The van der Waals surface area contributed by atoms with E-state index in [0.717, 1.165) is 11.3 Å². The number of aliphatic hydroxyl groups excluding tert-OH is 1. The normalized spacial score (nSPS) is 12.8. The average Bonchev–Trinajstić information content (AvgIpc) is 2.59. The van der Waals surface area contributed by atoms with Gasteiger partial charge in [0.25, 0.3) is 0 Å². The Balaban J connectivity index is 2.03. The van der Waals surface area contributed by atoms with E-state index in [1.807, 2.05) is 19.1 Å². The number of nitrogens with two attached hydrogens (primary N) is 1. The minimum Gasteiger partial charge on any atom is -0.390 e. The van der Waals surface area contributed by atoms with Crippen molar-refractivity contribution in [3.05, 3.63) is 58.7 Å². The summed E-state index contributed by atoms with van der Waals surface area (Å²) in [5, 5.41) is 20.7. The van der Waals surface area contributed by atoms with Gasteiger partial charge in [-0.2, -0.15) is 4.31 Å². The summed E-state index contributed by atoms with van der Waals surface area (Å²) in [7, 11) is -2.23. The Hall–Kier alpha value is -2.42. The average molecular weight is 405 g/mol. The zero-order valence-electron chi connectivity index (χ0n) is 16.7. The Kier molecular flexibility index (Phi) is 6.82. The van der Waals surface area contributed by atoms with Gasteiger partial charge in [0.15, 0.2) is 0 Å². The van der Waals surface area contributed by atoms with Crippen molar-refractivity contribution in [1.82, 2.24) is 4.31 Å². The molecular weight excluding hydrogens is 376 g/mol. The monoisotopic (exact) mass is 404 g/mol. The topological polar surface area (TPSA) is 120 Å². The standard InChI is InChI=1S/C20H28N4O3S/c1-13-9-14(2)19(15(3)10-13)28(26,27)24(4)12-18(25)11-23-17-7-5-16(6-8-17)20(21)22/h5-10,18,23,25H,11-12H2,1-4H3,(H3,21,22). The number of benzene rings is 2. The maximum absolute atomic E-state index is 13.0. The molecule has 0 saturated heterocycles. The molecular formula is C20H28N4O3S. The van der Waals surface area contributed by atoms with Crippen LogP contribution in [0.25, 0.3) is 0 Å². The third kappa shape index (κ3) is 5.09. The van der Waals surface area contributed by atoms with Crippen LogP contribution in [0.1, 0.15) is 22.3 Å². The molecule has 0 aliphatic rings. The van der Waals surface area contributed by atoms with Gasteiger partial charge in [-0.25, -0.2) is 8.42 Å². The van der Waals surface area contributed by atoms with Gasteiger partial charge < -0.3 is 16.2 Å². The molecule has 2 aromatic carbocycles. The number of amidine groups is 1. The molecule has 0 aliphatic carbocycles. The number of hydrogen-bond donors (Lipinski definition) is 4. The van der Waals surface area contributed by atoms with Crippen molar-refractivity contribution >= 4 is 21.5 Å². The van der Waals surface area contributed by atoms with E-state index in [2.05, 4.69) is 5.32 Å². The number of aliphatic hydroxyl groups is 1. The Morgan fingerprint density at radius 3 is 2.21 bits per heavy atom. The van der Waals surface area contributed by atoms with Crippen molar-refractivity contribution in [3.63, 3.8) is 0 Å². The fraction of sp³-hybridized carbons (Fsp3) is 0.350. The number of hydrogen-bond acceptors (Lipinski definition) is 5. The molecule has 152 valence electrons. The molecule has 1 unspecified atom stereocenters. The lowest BCUT2D eigenvalue weighted by molar-refractivity contribution is 0.164. The highest BCUT2D eigenvalue weighted by Crippen LogP contribution is 2.24. The van der Waals surface area contributed by atoms with Crippen molar-refractivity contribution in [2.75, 3.05) is 25.5 Å². The number of aryl methyl sites for hydroxylation is 3. The highest BCUT2D eigenvalue weighted by atomic mass is 32.2. The Morgan fingerprint density at radius 2 is 1.71 bits per heavy atom. The predicted octanol–water partition coefficient (Wildman–Crippen LogP) is 1.99. The molecule has 0 aliphatic heterocycles. The fourth-order valence-corrected chi connectivity index (χ4v) is 4.80. The quantitative estimate of drug-likeness (QED) is 0.396. The van der Waals surface area contributed by atoms with Crippen LogP contribution in [0.15, 0.2) is 41.3 Å². The van der Waals surface area contributed by atoms with Crippen molar-refractivity contribution < 1.29 is 13.5 Å². The highest BCUT2D eigenvalue weighted by molar-refractivity contribution is 7.89. The van der Waals surface area contributed by atoms with Gasteiger partial charge in [0.2, 0.25) is 10.0 Å². The molecule has 0 fully saturated rings. The molecule has 1 atom stereocenters. The molecule has 0 bridgehead atoms. The van der Waals surface area contributed by atoms with Gasteiger partial charge in [-0.05, 0) is 56.2 Å². The summed E-state index contributed by atoms with van der Waals surface area (Å²) < 4.78 is 27.1. The first-order valence-electron chi connectivity index (χ1n) is 8.93. The van der Waals surface area contributed by atoms with E-state index < -0.39 is 16.1 Å². The van der Waals surface area contributed by atoms with Crippen LogP contribution in [0.2, 0.25) is 0 Å². The molecule has 0 amide bonds. The van der Waals surface area contributed by atoms with E-state index in [9.17, 15) is 13.5 Å². The van der Waals surface area contributed by atoms with Crippen molar-refractivity contribution in [2.24, 2.45) is 5.73 Å². The molecule has 7 nitrogen and oxygen atoms in total. The molecule has 0 heterocycles. The van der Waals surface area contributed by atoms with Crippen LogP contribution >= 0.6 is 0 Å². The summed E-state index contributed by atoms with van der Waals surface area (Å²) in [5.74, 6) is -0.0138. The summed E-state index contributed by atoms with van der Waals surface area (Å²) in [6.45, 7) is 5.64. The van der Waals surface area contributed by atoms with Crippen molar-refractivity contribution in [1.29, 1.82) is 5.41 Å². The fourth-order valence-electron chi connectivity index (χ4n) is 3.19. The number of nitrogens with zero attached hydrogens (tertiary/aromatic N) is 1. The van der Waals surface area contributed by atoms with Crippen LogP contribution in [0.5, 0.6) is 0 Å². The second-order valence-corrected chi connectivity index (χ2v) is 9.02. The number of nitrogen functional groups attached to an aromatic ring is 1. The highest BCUT2D eigenvalue weighted by Gasteiger charge is 2.26. The first-order valence-corrected chi connectivity index (χ1v) is 10.4. The zero-order chi connectivity index (χ0) is 21.1. The largest absolute Gasteiger partial charge is 0.390 e. The van der Waals surface area contributed by atoms with Crippen molar-refractivity contribution in [2.45, 2.75) is 31.8 Å². The van der Waals surface area contributed by atoms with Gasteiger partial charge >= 0.3 is 0 Å². The first kappa shape index (κ1) is 21.9. The first-order chi connectivity index (χ1) is 13.0. The Morgan fingerprint density at radius 1 is 1.18 bits per heavy atom. The molecule has 0 radical (unpaired) electrons. The predicted molar refractivity (Wildman–Crippen MR) is 112 cm³/mol. The molecule has 5 N–H and O–H groups in total. The minimum absolute atomic E-state index is 0.0138. The summed E-state index contributed by atoms with van der Waals surface area (Å²) in [6, 6.07) is 10.6. The molecule has 0 aromatic heterocycles. The third-order valence-electron chi connectivity index (χ3n) is 4.48. The van der Waals surface area contributed by atoms with Crippen LogP contribution in [-0.4, -0.2) is 49.9 Å². The van der Waals surface area contributed by atoms with Crippen LogP contribution in [0.3, 0.4) is 0 Å². The second kappa shape index (κ2) is 8.72. The van der Waals surface area contributed by atoms with Crippen LogP contribution in [0.4, 0.5) is 5.69 Å². The lowest BCUT2D eigenvalue weighted by Gasteiger charge is -2.23. The SMILES string of the molecule is Cc1cc(C)c(S(=O)(=O)N(C)CC(O)CNc2ccc(C(=N)N)cc2)c(C)c1. The molecule has 0 spiro atoms. The van der Waals surface area contributed by atoms with Gasteiger partial charge in [-0.15, -0.1) is 0 Å². The molecule has 8 heteroatoms. The van der Waals surface area contributed by atoms with Gasteiger partial charge in [0.05, 0.1) is 11.0 Å². The van der Waals surface area contributed by atoms with E-state index in [1.54, 1.807) is 38.1 Å². The maximum atomic E-state index is 13.0. The molecule has 0 saturated carbocycles. The lowest BCUT2D eigenvalue weighted by atomic mass is 10.1. The molecule has 2 rings (SSSR count). The van der Waals surface area contributed by atoms with Crippen LogP contribution in [0, 0.1) is 26.2 Å². The van der Waals surface area contributed by atoms with E-state index in [0.29, 0.717) is 21.6 Å². The summed E-state index contributed by atoms with van der Waals surface area (Å²) in [4.78, 5) is 0.292. The zero-order valence-corrected chi connectivity index (χ0v) is 17.5. The number of nitrogens with one attached hydrogen (secondary N) is 2. The minimum atomic E-state index is -3.70. The Labute approximate surface area is 166 Å². The third-order valence-corrected chi connectivity index (χ3v) is 6.61. The van der Waals surface area contributed by atoms with Gasteiger partial charge in [-0.1, -0.05) is 17.7 Å². The molecule has 28 heavy (non-hydrogen) atoms. The maximum Gasteiger partial charge on any atom is 0.243 e. The number of anilines is 1. The Bertz CT molecular complexity index is 933. The van der Waals surface area contributed by atoms with E-state index in [4.69, 9.17) is 11.1 Å². The van der Waals surface area contributed by atoms with E-state index in [1.165, 1.54) is 11.4 Å². The number of sulfonamides is 1. The summed E-state index contributed by atoms with van der Waals surface area (Å²) in [5.41, 5.74) is 9.19. The molecule has 2 aromatic rings. The van der Waals surface area contributed by atoms with Crippen molar-refractivity contribution in [3.8, 4) is 0 Å². The van der Waals surface area contributed by atoms with Gasteiger partial charge in [0, 0.05) is 31.4 Å². The lowest BCUT2D eigenvalue weighted by Crippen LogP contribution is -2.38. The van der Waals surface area contributed by atoms with Gasteiger partial charge in [-0.3, -0.25) is 5.41 Å². The van der Waals surface area contributed by atoms with E-state index >= 15 is 0 Å². The summed E-state index contributed by atoms with van der Waals surface area (Å²) >= 11 is 0. The second-order valence-electron chi connectivity index (χ2n) is 7.04. The van der Waals surface area contributed by atoms with Crippen LogP contribution in [-0.2, 0) is 10.0 Å². The van der Waals surface area contributed by atoms with Crippen LogP contribution < -0.4 is 11.1 Å². The van der Waals surface area contributed by atoms with Gasteiger partial charge in [0.1, 0.15) is 5.84 Å². The number of rotatable bonds is 8. The smallest absolute Gasteiger partial charge is 0.243 e. The summed E-state index contributed by atoms with van der Waals surface area (Å²) in [6.07, 6.45) is -0.890. The van der Waals surface area contributed by atoms with E-state index in [-0.39, 0.29) is 18.9 Å².